The number of aromatic nitrogens is 2. The second kappa shape index (κ2) is 19.2. The molecular weight excluding hydrogens is 428 g/mol. The van der Waals surface area contributed by atoms with E-state index in [0.29, 0.717) is 38.0 Å². The van der Waals surface area contributed by atoms with Gasteiger partial charge in [0.05, 0.1) is 25.6 Å². The van der Waals surface area contributed by atoms with Crippen LogP contribution in [0, 0.1) is 0 Å². The van der Waals surface area contributed by atoms with Crippen molar-refractivity contribution in [3.63, 3.8) is 0 Å². The lowest BCUT2D eigenvalue weighted by Crippen LogP contribution is -2.08. The first kappa shape index (κ1) is 28.1. The Bertz CT molecular complexity index is 659. The average molecular weight is 473 g/mol. The molecule has 1 heterocycles. The van der Waals surface area contributed by atoms with Crippen LogP contribution in [0.2, 0.25) is 0 Å². The third kappa shape index (κ3) is 12.9. The quantitative estimate of drug-likeness (QED) is 0.185. The Morgan fingerprint density at radius 1 is 0.529 bits per heavy atom. The number of nitrogens with zero attached hydrogens (tertiary/aromatic N) is 2. The summed E-state index contributed by atoms with van der Waals surface area (Å²) in [5.41, 5.74) is 0.939. The minimum absolute atomic E-state index is 0.506. The number of benzene rings is 1. The van der Waals surface area contributed by atoms with Gasteiger partial charge in [0, 0.05) is 18.8 Å². The van der Waals surface area contributed by atoms with E-state index in [9.17, 15) is 0 Å². The van der Waals surface area contributed by atoms with Crippen molar-refractivity contribution in [1.29, 1.82) is 0 Å². The summed E-state index contributed by atoms with van der Waals surface area (Å²) in [7, 11) is 0. The maximum absolute atomic E-state index is 5.76. The molecule has 0 radical (unpaired) electrons. The molecule has 0 aliphatic rings. The third-order valence-electron chi connectivity index (χ3n) is 5.52. The SMILES string of the molecule is CCCCCCCOCCOc1ccc(-c2ncc(OCCOCCCCCCC)cn2)cc1. The molecule has 2 rings (SSSR count). The van der Waals surface area contributed by atoms with E-state index in [2.05, 4.69) is 23.8 Å². The molecule has 1 aromatic heterocycles. The van der Waals surface area contributed by atoms with Crippen molar-refractivity contribution in [3.05, 3.63) is 36.7 Å². The fourth-order valence-corrected chi connectivity index (χ4v) is 3.50. The molecule has 6 heteroatoms. The highest BCUT2D eigenvalue weighted by molar-refractivity contribution is 5.56. The predicted octanol–water partition coefficient (Wildman–Crippen LogP) is 6.88. The Balaban J connectivity index is 1.57. The van der Waals surface area contributed by atoms with Crippen LogP contribution in [0.1, 0.15) is 78.1 Å². The lowest BCUT2D eigenvalue weighted by molar-refractivity contribution is 0.0968. The fourth-order valence-electron chi connectivity index (χ4n) is 3.50. The first-order valence-corrected chi connectivity index (χ1v) is 13.2. The van der Waals surface area contributed by atoms with Crippen LogP contribution in [0.4, 0.5) is 0 Å². The number of ether oxygens (including phenoxy) is 4. The minimum Gasteiger partial charge on any atom is -0.491 e. The van der Waals surface area contributed by atoms with E-state index in [1.165, 1.54) is 51.4 Å². The predicted molar refractivity (Wildman–Crippen MR) is 138 cm³/mol. The van der Waals surface area contributed by atoms with Crippen molar-refractivity contribution < 1.29 is 18.9 Å². The minimum atomic E-state index is 0.506. The molecule has 190 valence electrons. The van der Waals surface area contributed by atoms with Gasteiger partial charge in [-0.2, -0.15) is 0 Å². The molecule has 6 nitrogen and oxygen atoms in total. The fraction of sp³-hybridized carbons (Fsp3) is 0.643. The zero-order chi connectivity index (χ0) is 24.1. The zero-order valence-electron chi connectivity index (χ0n) is 21.3. The molecule has 0 bridgehead atoms. The van der Waals surface area contributed by atoms with Crippen LogP contribution in [0.5, 0.6) is 11.5 Å². The Hall–Kier alpha value is -2.18. The molecule has 0 spiro atoms. The van der Waals surface area contributed by atoms with Crippen LogP contribution in [-0.2, 0) is 9.47 Å². The van der Waals surface area contributed by atoms with Crippen molar-refractivity contribution >= 4 is 0 Å². The van der Waals surface area contributed by atoms with Gasteiger partial charge in [0.25, 0.3) is 0 Å². The van der Waals surface area contributed by atoms with E-state index in [-0.39, 0.29) is 0 Å². The van der Waals surface area contributed by atoms with Crippen LogP contribution >= 0.6 is 0 Å². The van der Waals surface area contributed by atoms with Gasteiger partial charge in [0.15, 0.2) is 11.6 Å². The summed E-state index contributed by atoms with van der Waals surface area (Å²) in [6.45, 7) is 8.33. The first-order valence-electron chi connectivity index (χ1n) is 13.2. The first-order chi connectivity index (χ1) is 16.8. The van der Waals surface area contributed by atoms with Crippen molar-refractivity contribution in [3.8, 4) is 22.9 Å². The van der Waals surface area contributed by atoms with E-state index < -0.39 is 0 Å². The lowest BCUT2D eigenvalue weighted by atomic mass is 10.2. The molecule has 0 fully saturated rings. The highest BCUT2D eigenvalue weighted by atomic mass is 16.5. The molecule has 0 aliphatic carbocycles. The summed E-state index contributed by atoms with van der Waals surface area (Å²) in [6, 6.07) is 7.81. The van der Waals surface area contributed by atoms with Gasteiger partial charge >= 0.3 is 0 Å². The number of hydrogen-bond acceptors (Lipinski definition) is 6. The largest absolute Gasteiger partial charge is 0.491 e. The van der Waals surface area contributed by atoms with Crippen LogP contribution in [0.25, 0.3) is 11.4 Å². The molecule has 0 aliphatic heterocycles. The summed E-state index contributed by atoms with van der Waals surface area (Å²) in [5.74, 6) is 2.13. The van der Waals surface area contributed by atoms with Gasteiger partial charge in [-0.1, -0.05) is 65.2 Å². The molecule has 0 unspecified atom stereocenters. The van der Waals surface area contributed by atoms with E-state index in [4.69, 9.17) is 18.9 Å². The van der Waals surface area contributed by atoms with Crippen LogP contribution in [0.15, 0.2) is 36.7 Å². The Morgan fingerprint density at radius 2 is 1.03 bits per heavy atom. The molecule has 0 atom stereocenters. The van der Waals surface area contributed by atoms with Gasteiger partial charge in [-0.25, -0.2) is 9.97 Å². The summed E-state index contributed by atoms with van der Waals surface area (Å²) in [4.78, 5) is 8.84. The van der Waals surface area contributed by atoms with Gasteiger partial charge in [-0.15, -0.1) is 0 Å². The Labute approximate surface area is 206 Å². The maximum Gasteiger partial charge on any atom is 0.159 e. The number of hydrogen-bond donors (Lipinski definition) is 0. The molecule has 0 amide bonds. The third-order valence-corrected chi connectivity index (χ3v) is 5.52. The lowest BCUT2D eigenvalue weighted by Gasteiger charge is -2.09. The van der Waals surface area contributed by atoms with Gasteiger partial charge in [-0.05, 0) is 37.1 Å². The Kier molecular flexibility index (Phi) is 15.8. The molecule has 0 N–H and O–H groups in total. The second-order valence-electron chi connectivity index (χ2n) is 8.52. The molecule has 34 heavy (non-hydrogen) atoms. The molecular formula is C28H44N2O4. The smallest absolute Gasteiger partial charge is 0.159 e. The van der Waals surface area contributed by atoms with Gasteiger partial charge in [0.1, 0.15) is 19.0 Å². The molecule has 1 aromatic carbocycles. The number of unbranched alkanes of at least 4 members (excludes halogenated alkanes) is 8. The van der Waals surface area contributed by atoms with Gasteiger partial charge in [-0.3, -0.25) is 0 Å². The summed E-state index contributed by atoms with van der Waals surface area (Å²) in [5, 5.41) is 0. The number of rotatable bonds is 21. The standard InChI is InChI=1S/C28H44N2O4/c1-3-5-7-9-11-17-31-19-21-33-26-15-13-25(14-16-26)28-29-23-27(24-30-28)34-22-20-32-18-12-10-8-6-4-2/h13-16,23-24H,3-12,17-22H2,1-2H3. The van der Waals surface area contributed by atoms with Crippen molar-refractivity contribution in [1.82, 2.24) is 9.97 Å². The highest BCUT2D eigenvalue weighted by Crippen LogP contribution is 2.20. The summed E-state index contributed by atoms with van der Waals surface area (Å²) >= 11 is 0. The molecule has 2 aromatic rings. The van der Waals surface area contributed by atoms with E-state index in [0.717, 1.165) is 37.4 Å². The molecule has 0 saturated heterocycles. The normalized spacial score (nSPS) is 11.0. The Morgan fingerprint density at radius 3 is 1.56 bits per heavy atom. The van der Waals surface area contributed by atoms with E-state index >= 15 is 0 Å². The van der Waals surface area contributed by atoms with Crippen LogP contribution < -0.4 is 9.47 Å². The van der Waals surface area contributed by atoms with Crippen molar-refractivity contribution in [2.45, 2.75) is 78.1 Å². The summed E-state index contributed by atoms with van der Waals surface area (Å²) in [6.07, 6.45) is 15.9. The van der Waals surface area contributed by atoms with E-state index in [1.54, 1.807) is 12.4 Å². The second-order valence-corrected chi connectivity index (χ2v) is 8.52. The maximum atomic E-state index is 5.76. The highest BCUT2D eigenvalue weighted by Gasteiger charge is 2.03. The van der Waals surface area contributed by atoms with Gasteiger partial charge < -0.3 is 18.9 Å². The topological polar surface area (TPSA) is 62.7 Å². The average Bonchev–Trinajstić information content (AvgIpc) is 2.87. The van der Waals surface area contributed by atoms with Crippen molar-refractivity contribution in [2.24, 2.45) is 0 Å². The van der Waals surface area contributed by atoms with Gasteiger partial charge in [0.2, 0.25) is 0 Å². The monoisotopic (exact) mass is 472 g/mol. The van der Waals surface area contributed by atoms with E-state index in [1.807, 2.05) is 24.3 Å². The summed E-state index contributed by atoms with van der Waals surface area (Å²) < 4.78 is 22.7. The van der Waals surface area contributed by atoms with Crippen molar-refractivity contribution in [2.75, 3.05) is 39.6 Å². The van der Waals surface area contributed by atoms with Crippen LogP contribution in [0.3, 0.4) is 0 Å². The zero-order valence-corrected chi connectivity index (χ0v) is 21.3. The van der Waals surface area contributed by atoms with Crippen LogP contribution in [-0.4, -0.2) is 49.6 Å². The molecule has 0 saturated carbocycles.